The number of aromatic nitrogens is 1. The minimum atomic E-state index is -0.775. The predicted octanol–water partition coefficient (Wildman–Crippen LogP) is 2.20. The fourth-order valence-electron chi connectivity index (χ4n) is 2.24. The fourth-order valence-corrected chi connectivity index (χ4v) is 2.44. The number of benzene rings is 1. The van der Waals surface area contributed by atoms with E-state index in [4.69, 9.17) is 16.3 Å². The second-order valence-corrected chi connectivity index (χ2v) is 6.09. The predicted molar refractivity (Wildman–Crippen MR) is 100 cm³/mol. The van der Waals surface area contributed by atoms with Gasteiger partial charge in [0.2, 0.25) is 5.91 Å². The Morgan fingerprint density at radius 2 is 1.93 bits per heavy atom. The topological polar surface area (TPSA) is 88.6 Å². The zero-order chi connectivity index (χ0) is 20.5. The Morgan fingerprint density at radius 1 is 1.21 bits per heavy atom. The van der Waals surface area contributed by atoms with Gasteiger partial charge in [-0.1, -0.05) is 23.7 Å². The van der Waals surface area contributed by atoms with Crippen molar-refractivity contribution in [2.24, 2.45) is 0 Å². The van der Waals surface area contributed by atoms with Crippen LogP contribution >= 0.6 is 11.6 Å². The van der Waals surface area contributed by atoms with Crippen molar-refractivity contribution in [3.8, 4) is 0 Å². The number of hydrogen-bond donors (Lipinski definition) is 1. The number of pyridine rings is 1. The molecule has 0 fully saturated rings. The van der Waals surface area contributed by atoms with E-state index in [2.05, 4.69) is 10.3 Å². The molecule has 1 aromatic carbocycles. The van der Waals surface area contributed by atoms with Crippen molar-refractivity contribution in [1.82, 2.24) is 15.2 Å². The lowest BCUT2D eigenvalue weighted by atomic mass is 10.2. The number of carbonyl (C=O) groups excluding carboxylic acids is 3. The number of rotatable bonds is 8. The summed E-state index contributed by atoms with van der Waals surface area (Å²) in [5.41, 5.74) is 0.781. The molecule has 0 radical (unpaired) electrons. The largest absolute Gasteiger partial charge is 0.452 e. The average Bonchev–Trinajstić information content (AvgIpc) is 2.69. The number of likely N-dealkylation sites (N-methyl/N-ethyl adjacent to an activating group) is 1. The molecule has 0 saturated carbocycles. The van der Waals surface area contributed by atoms with Crippen LogP contribution in [0.1, 0.15) is 22.8 Å². The summed E-state index contributed by atoms with van der Waals surface area (Å²) in [6, 6.07) is 8.66. The molecular formula is C19H19ClFN3O4. The van der Waals surface area contributed by atoms with E-state index >= 15 is 0 Å². The van der Waals surface area contributed by atoms with Gasteiger partial charge >= 0.3 is 5.97 Å². The molecule has 0 bridgehead atoms. The van der Waals surface area contributed by atoms with Crippen molar-refractivity contribution in [2.45, 2.75) is 13.5 Å². The van der Waals surface area contributed by atoms with Gasteiger partial charge in [0.05, 0.1) is 12.1 Å². The molecule has 0 spiro atoms. The van der Waals surface area contributed by atoms with Gasteiger partial charge in [-0.3, -0.25) is 9.59 Å². The first kappa shape index (κ1) is 21.3. The van der Waals surface area contributed by atoms with Crippen molar-refractivity contribution < 1.29 is 23.5 Å². The quantitative estimate of drug-likeness (QED) is 0.535. The van der Waals surface area contributed by atoms with Crippen LogP contribution in [0.2, 0.25) is 5.15 Å². The molecule has 2 amide bonds. The summed E-state index contributed by atoms with van der Waals surface area (Å²) in [7, 11) is 0. The lowest BCUT2D eigenvalue weighted by molar-refractivity contribution is -0.138. The summed E-state index contributed by atoms with van der Waals surface area (Å²) >= 11 is 5.81. The lowest BCUT2D eigenvalue weighted by Crippen LogP contribution is -2.42. The van der Waals surface area contributed by atoms with Crippen molar-refractivity contribution in [3.05, 3.63) is 64.7 Å². The highest BCUT2D eigenvalue weighted by Crippen LogP contribution is 2.12. The van der Waals surface area contributed by atoms with E-state index < -0.39 is 18.5 Å². The molecule has 28 heavy (non-hydrogen) atoms. The number of amides is 2. The van der Waals surface area contributed by atoms with Crippen LogP contribution in [0.25, 0.3) is 0 Å². The molecule has 1 N–H and O–H groups in total. The summed E-state index contributed by atoms with van der Waals surface area (Å²) < 4.78 is 17.8. The summed E-state index contributed by atoms with van der Waals surface area (Å²) in [5.74, 6) is -2.04. The zero-order valence-electron chi connectivity index (χ0n) is 15.2. The Hall–Kier alpha value is -3.00. The summed E-state index contributed by atoms with van der Waals surface area (Å²) in [5, 5.41) is 2.63. The molecule has 7 nitrogen and oxygen atoms in total. The van der Waals surface area contributed by atoms with Crippen molar-refractivity contribution in [2.75, 3.05) is 19.7 Å². The second kappa shape index (κ2) is 10.4. The van der Waals surface area contributed by atoms with E-state index in [9.17, 15) is 18.8 Å². The number of ether oxygens (including phenoxy) is 1. The molecule has 2 aromatic rings. The molecule has 148 valence electrons. The molecule has 9 heteroatoms. The van der Waals surface area contributed by atoms with Crippen molar-refractivity contribution >= 4 is 29.4 Å². The van der Waals surface area contributed by atoms with Crippen LogP contribution in [0.3, 0.4) is 0 Å². The minimum absolute atomic E-state index is 0.0209. The first-order valence-electron chi connectivity index (χ1n) is 8.47. The van der Waals surface area contributed by atoms with Gasteiger partial charge in [-0.25, -0.2) is 14.2 Å². The van der Waals surface area contributed by atoms with Gasteiger partial charge in [0.1, 0.15) is 11.0 Å². The van der Waals surface area contributed by atoms with E-state index in [1.165, 1.54) is 35.4 Å². The Bertz CT molecular complexity index is 845. The molecule has 0 saturated heterocycles. The van der Waals surface area contributed by atoms with E-state index in [0.29, 0.717) is 0 Å². The van der Waals surface area contributed by atoms with E-state index in [-0.39, 0.29) is 42.1 Å². The van der Waals surface area contributed by atoms with Gasteiger partial charge in [0.25, 0.3) is 5.91 Å². The fraction of sp³-hybridized carbons (Fsp3) is 0.263. The van der Waals surface area contributed by atoms with Crippen LogP contribution in [0.15, 0.2) is 42.6 Å². The molecule has 0 aliphatic heterocycles. The zero-order valence-corrected chi connectivity index (χ0v) is 15.9. The maximum Gasteiger partial charge on any atom is 0.341 e. The average molecular weight is 408 g/mol. The van der Waals surface area contributed by atoms with Gasteiger partial charge in [-0.2, -0.15) is 0 Å². The maximum atomic E-state index is 12.9. The van der Waals surface area contributed by atoms with Crippen LogP contribution in [-0.4, -0.2) is 47.4 Å². The molecule has 1 heterocycles. The van der Waals surface area contributed by atoms with Gasteiger partial charge in [0.15, 0.2) is 6.61 Å². The van der Waals surface area contributed by atoms with E-state index in [1.54, 1.807) is 19.1 Å². The van der Waals surface area contributed by atoms with Crippen LogP contribution in [0.5, 0.6) is 0 Å². The smallest absolute Gasteiger partial charge is 0.341 e. The number of esters is 1. The third kappa shape index (κ3) is 6.31. The number of nitrogens with zero attached hydrogens (tertiary/aromatic N) is 2. The van der Waals surface area contributed by atoms with Crippen LogP contribution in [0.4, 0.5) is 4.39 Å². The van der Waals surface area contributed by atoms with Gasteiger partial charge in [-0.05, 0) is 36.8 Å². The first-order chi connectivity index (χ1) is 13.4. The highest BCUT2D eigenvalue weighted by Gasteiger charge is 2.19. The van der Waals surface area contributed by atoms with Crippen LogP contribution in [-0.2, 0) is 20.9 Å². The van der Waals surface area contributed by atoms with Gasteiger partial charge in [0, 0.05) is 19.3 Å². The monoisotopic (exact) mass is 407 g/mol. The Labute approximate surface area is 166 Å². The SMILES string of the molecule is CCN(CC(=O)NCc1ccc(F)cc1)C(=O)COC(=O)c1cccnc1Cl. The Morgan fingerprint density at radius 3 is 2.57 bits per heavy atom. The summed E-state index contributed by atoms with van der Waals surface area (Å²) in [4.78, 5) is 41.2. The van der Waals surface area contributed by atoms with Gasteiger partial charge < -0.3 is 15.0 Å². The number of carbonyl (C=O) groups is 3. The van der Waals surface area contributed by atoms with Gasteiger partial charge in [-0.15, -0.1) is 0 Å². The molecule has 1 aromatic heterocycles. The Balaban J connectivity index is 1.81. The molecule has 0 aliphatic rings. The summed E-state index contributed by atoms with van der Waals surface area (Å²) in [6.07, 6.45) is 1.42. The van der Waals surface area contributed by atoms with Crippen molar-refractivity contribution in [3.63, 3.8) is 0 Å². The summed E-state index contributed by atoms with van der Waals surface area (Å²) in [6.45, 7) is 1.45. The molecule has 2 rings (SSSR count). The highest BCUT2D eigenvalue weighted by atomic mass is 35.5. The first-order valence-corrected chi connectivity index (χ1v) is 8.85. The third-order valence-electron chi connectivity index (χ3n) is 3.78. The molecule has 0 unspecified atom stereocenters. The number of hydrogen-bond acceptors (Lipinski definition) is 5. The maximum absolute atomic E-state index is 12.9. The number of halogens is 2. The lowest BCUT2D eigenvalue weighted by Gasteiger charge is -2.20. The molecular weight excluding hydrogens is 389 g/mol. The van der Waals surface area contributed by atoms with E-state index in [1.807, 2.05) is 0 Å². The number of nitrogens with one attached hydrogen (secondary N) is 1. The Kier molecular flexibility index (Phi) is 7.88. The van der Waals surface area contributed by atoms with Crippen molar-refractivity contribution in [1.29, 1.82) is 0 Å². The molecule has 0 atom stereocenters. The normalized spacial score (nSPS) is 10.2. The molecule has 0 aliphatic carbocycles. The van der Waals surface area contributed by atoms with E-state index in [0.717, 1.165) is 5.56 Å². The highest BCUT2D eigenvalue weighted by molar-refractivity contribution is 6.32. The second-order valence-electron chi connectivity index (χ2n) is 5.73. The van der Waals surface area contributed by atoms with Crippen LogP contribution in [0, 0.1) is 5.82 Å². The minimum Gasteiger partial charge on any atom is -0.452 e. The standard InChI is InChI=1S/C19H19ClFN3O4/c1-2-24(11-16(25)23-10-13-5-7-14(21)8-6-13)17(26)12-28-19(27)15-4-3-9-22-18(15)20/h3-9H,2,10-12H2,1H3,(H,23,25). The third-order valence-corrected chi connectivity index (χ3v) is 4.08. The van der Waals surface area contributed by atoms with Crippen LogP contribution < -0.4 is 5.32 Å².